The highest BCUT2D eigenvalue weighted by molar-refractivity contribution is 8.17. The van der Waals surface area contributed by atoms with Crippen molar-refractivity contribution in [3.63, 3.8) is 0 Å². The number of thioether (sulfide) groups is 2. The van der Waals surface area contributed by atoms with Gasteiger partial charge in [-0.05, 0) is 18.2 Å². The second-order valence-corrected chi connectivity index (χ2v) is 9.55. The average molecular weight is 520 g/mol. The zero-order chi connectivity index (χ0) is 25.1. The molecule has 1 heterocycles. The highest BCUT2D eigenvalue weighted by Crippen LogP contribution is 2.45. The Kier molecular flexibility index (Phi) is 8.60. The summed E-state index contributed by atoms with van der Waals surface area (Å²) in [6.45, 7) is 3.17. The fourth-order valence-electron chi connectivity index (χ4n) is 2.94. The summed E-state index contributed by atoms with van der Waals surface area (Å²) in [6.07, 6.45) is -13.8. The van der Waals surface area contributed by atoms with Crippen LogP contribution in [0.15, 0.2) is 23.1 Å². The van der Waals surface area contributed by atoms with Crippen LogP contribution in [0.4, 0.5) is 26.3 Å². The first kappa shape index (κ1) is 27.2. The smallest absolute Gasteiger partial charge is 0.416 e. The SMILES string of the molecule is CC(=O)O[C@@H]1[C@@H](OC(C)=O)[C@H](Sc2cc(C(F)(F)F)cc(C(F)(F)F)c2)SC[C@H]1OC(C)=O. The van der Waals surface area contributed by atoms with Gasteiger partial charge in [0, 0.05) is 31.4 Å². The molecule has 0 amide bonds. The predicted molar refractivity (Wildman–Crippen MR) is 105 cm³/mol. The summed E-state index contributed by atoms with van der Waals surface area (Å²) in [4.78, 5) is 34.3. The fraction of sp³-hybridized carbons (Fsp3) is 0.526. The van der Waals surface area contributed by atoms with Gasteiger partial charge in [0.2, 0.25) is 0 Å². The van der Waals surface area contributed by atoms with E-state index >= 15 is 0 Å². The van der Waals surface area contributed by atoms with E-state index in [9.17, 15) is 40.7 Å². The van der Waals surface area contributed by atoms with E-state index < -0.39 is 64.3 Å². The second kappa shape index (κ2) is 10.5. The van der Waals surface area contributed by atoms with Gasteiger partial charge in [-0.25, -0.2) is 0 Å². The first-order chi connectivity index (χ1) is 15.1. The number of carbonyl (C=O) groups is 3. The van der Waals surface area contributed by atoms with Gasteiger partial charge in [-0.2, -0.15) is 26.3 Å². The molecule has 33 heavy (non-hydrogen) atoms. The van der Waals surface area contributed by atoms with Crippen LogP contribution in [0.1, 0.15) is 31.9 Å². The van der Waals surface area contributed by atoms with Crippen molar-refractivity contribution in [3.8, 4) is 0 Å². The Balaban J connectivity index is 2.46. The third-order valence-corrected chi connectivity index (χ3v) is 6.94. The highest BCUT2D eigenvalue weighted by Gasteiger charge is 2.47. The van der Waals surface area contributed by atoms with E-state index in [0.29, 0.717) is 23.9 Å². The molecule has 1 aliphatic heterocycles. The lowest BCUT2D eigenvalue weighted by Crippen LogP contribution is -2.53. The van der Waals surface area contributed by atoms with Gasteiger partial charge in [-0.15, -0.1) is 23.5 Å². The second-order valence-electron chi connectivity index (χ2n) is 6.86. The molecule has 0 spiro atoms. The quantitative estimate of drug-likeness (QED) is 0.315. The molecule has 0 bridgehead atoms. The van der Waals surface area contributed by atoms with Gasteiger partial charge < -0.3 is 14.2 Å². The van der Waals surface area contributed by atoms with E-state index in [1.165, 1.54) is 0 Å². The van der Waals surface area contributed by atoms with Gasteiger partial charge in [-0.3, -0.25) is 14.4 Å². The van der Waals surface area contributed by atoms with E-state index in [0.717, 1.165) is 32.5 Å². The molecule has 4 atom stereocenters. The van der Waals surface area contributed by atoms with E-state index in [4.69, 9.17) is 14.2 Å². The van der Waals surface area contributed by atoms with Crippen molar-refractivity contribution in [2.24, 2.45) is 0 Å². The number of rotatable bonds is 5. The summed E-state index contributed by atoms with van der Waals surface area (Å²) in [5.41, 5.74) is -3.00. The van der Waals surface area contributed by atoms with Crippen LogP contribution in [0.5, 0.6) is 0 Å². The molecule has 0 aliphatic carbocycles. The molecule has 1 aliphatic rings. The van der Waals surface area contributed by atoms with Gasteiger partial charge in [-0.1, -0.05) is 0 Å². The van der Waals surface area contributed by atoms with Crippen molar-refractivity contribution in [2.45, 2.75) is 60.9 Å². The van der Waals surface area contributed by atoms with Crippen LogP contribution >= 0.6 is 23.5 Å². The molecule has 0 N–H and O–H groups in total. The molecule has 1 aromatic carbocycles. The van der Waals surface area contributed by atoms with Gasteiger partial charge in [0.15, 0.2) is 18.3 Å². The predicted octanol–water partition coefficient (Wildman–Crippen LogP) is 4.68. The van der Waals surface area contributed by atoms with Crippen LogP contribution in [0.25, 0.3) is 0 Å². The van der Waals surface area contributed by atoms with Crippen molar-refractivity contribution in [2.75, 3.05) is 5.75 Å². The summed E-state index contributed by atoms with van der Waals surface area (Å²) in [7, 11) is 0. The normalized spacial score (nSPS) is 23.5. The van der Waals surface area contributed by atoms with Crippen LogP contribution in [-0.4, -0.2) is 46.6 Å². The van der Waals surface area contributed by atoms with E-state index in [2.05, 4.69) is 0 Å². The lowest BCUT2D eigenvalue weighted by molar-refractivity contribution is -0.180. The van der Waals surface area contributed by atoms with Crippen molar-refractivity contribution in [3.05, 3.63) is 29.3 Å². The molecule has 0 unspecified atom stereocenters. The minimum absolute atomic E-state index is 0.0000211. The lowest BCUT2D eigenvalue weighted by atomic mass is 10.1. The van der Waals surface area contributed by atoms with Crippen molar-refractivity contribution >= 4 is 41.4 Å². The number of benzene rings is 1. The summed E-state index contributed by atoms with van der Waals surface area (Å²) < 4.78 is 93.6. The molecule has 184 valence electrons. The first-order valence-corrected chi connectivity index (χ1v) is 11.1. The number of carbonyl (C=O) groups excluding carboxylic acids is 3. The Labute approximate surface area is 192 Å². The Morgan fingerprint density at radius 3 is 1.70 bits per heavy atom. The maximum Gasteiger partial charge on any atom is 0.416 e. The molecule has 6 nitrogen and oxygen atoms in total. The van der Waals surface area contributed by atoms with Crippen LogP contribution in [0.2, 0.25) is 0 Å². The van der Waals surface area contributed by atoms with Crippen LogP contribution in [0.3, 0.4) is 0 Å². The minimum atomic E-state index is -5.04. The third-order valence-electron chi connectivity index (χ3n) is 4.12. The summed E-state index contributed by atoms with van der Waals surface area (Å²) >= 11 is 1.55. The number of ether oxygens (including phenoxy) is 3. The summed E-state index contributed by atoms with van der Waals surface area (Å²) in [6, 6.07) is 1.09. The fourth-order valence-corrected chi connectivity index (χ4v) is 5.82. The summed E-state index contributed by atoms with van der Waals surface area (Å²) in [5.74, 6) is -2.40. The zero-order valence-electron chi connectivity index (χ0n) is 17.3. The minimum Gasteiger partial charge on any atom is -0.458 e. The maximum atomic E-state index is 13.2. The molecule has 0 radical (unpaired) electrons. The Morgan fingerprint density at radius 1 is 0.818 bits per heavy atom. The van der Waals surface area contributed by atoms with Crippen LogP contribution in [0, 0.1) is 0 Å². The third kappa shape index (κ3) is 7.73. The monoisotopic (exact) mass is 520 g/mol. The number of hydrogen-bond donors (Lipinski definition) is 0. The van der Waals surface area contributed by atoms with Crippen molar-refractivity contribution < 1.29 is 54.9 Å². The molecular weight excluding hydrogens is 502 g/mol. The Bertz CT molecular complexity index is 871. The Hall–Kier alpha value is -2.09. The number of alkyl halides is 6. The number of halogens is 6. The lowest BCUT2D eigenvalue weighted by Gasteiger charge is -2.40. The van der Waals surface area contributed by atoms with Gasteiger partial charge in [0.1, 0.15) is 0 Å². The topological polar surface area (TPSA) is 78.9 Å². The van der Waals surface area contributed by atoms with Crippen LogP contribution in [-0.2, 0) is 40.9 Å². The molecule has 0 saturated carbocycles. The molecule has 1 aromatic rings. The molecular formula is C19H18F6O6S2. The first-order valence-electron chi connectivity index (χ1n) is 9.17. The Morgan fingerprint density at radius 2 is 1.27 bits per heavy atom. The number of hydrogen-bond acceptors (Lipinski definition) is 8. The molecule has 0 aromatic heterocycles. The maximum absolute atomic E-state index is 13.2. The van der Waals surface area contributed by atoms with Gasteiger partial charge in [0.25, 0.3) is 0 Å². The van der Waals surface area contributed by atoms with Crippen molar-refractivity contribution in [1.29, 1.82) is 0 Å². The highest BCUT2D eigenvalue weighted by atomic mass is 32.2. The number of esters is 3. The van der Waals surface area contributed by atoms with Gasteiger partial charge in [0.05, 0.1) is 15.7 Å². The molecule has 2 rings (SSSR count). The van der Waals surface area contributed by atoms with E-state index in [1.54, 1.807) is 0 Å². The van der Waals surface area contributed by atoms with Crippen molar-refractivity contribution in [1.82, 2.24) is 0 Å². The standard InChI is InChI=1S/C19H18F6O6S2/c1-8(26)29-14-7-32-17(16(31-10(3)28)15(14)30-9(2)27)33-13-5-11(18(20,21)22)4-12(6-13)19(23,24)25/h4-6,14-17H,7H2,1-3H3/t14-,15+,16-,17+/m1/s1. The van der Waals surface area contributed by atoms with E-state index in [1.807, 2.05) is 0 Å². The van der Waals surface area contributed by atoms with E-state index in [-0.39, 0.29) is 16.7 Å². The van der Waals surface area contributed by atoms with Gasteiger partial charge >= 0.3 is 30.3 Å². The summed E-state index contributed by atoms with van der Waals surface area (Å²) in [5, 5.41) is 0. The molecule has 1 saturated heterocycles. The average Bonchev–Trinajstić information content (AvgIpc) is 2.63. The largest absolute Gasteiger partial charge is 0.458 e. The zero-order valence-corrected chi connectivity index (χ0v) is 18.9. The molecule has 1 fully saturated rings. The van der Waals surface area contributed by atoms with Crippen LogP contribution < -0.4 is 0 Å². The molecule has 14 heteroatoms.